The van der Waals surface area contributed by atoms with Crippen LogP contribution in [0.1, 0.15) is 12.5 Å². The summed E-state index contributed by atoms with van der Waals surface area (Å²) in [6.45, 7) is 2.86. The number of nitrogens with one attached hydrogen (secondary N) is 3. The molecule has 0 spiro atoms. The molecule has 0 saturated heterocycles. The van der Waals surface area contributed by atoms with E-state index in [-0.39, 0.29) is 0 Å². The molecule has 2 aromatic rings. The Labute approximate surface area is 163 Å². The summed E-state index contributed by atoms with van der Waals surface area (Å²) in [5.41, 5.74) is 2.01. The lowest BCUT2D eigenvalue weighted by atomic mass is 10.2. The molecule has 0 fully saturated rings. The first-order chi connectivity index (χ1) is 13.4. The number of methoxy groups -OCH3 is 1. The van der Waals surface area contributed by atoms with E-state index in [4.69, 9.17) is 9.47 Å². The molecule has 0 aliphatic rings. The van der Waals surface area contributed by atoms with Gasteiger partial charge in [0.2, 0.25) is 0 Å². The van der Waals surface area contributed by atoms with Crippen molar-refractivity contribution >= 4 is 29.3 Å². The number of anilines is 2. The topological polar surface area (TPSA) is 106 Å². The van der Waals surface area contributed by atoms with Gasteiger partial charge in [0.25, 0.3) is 5.91 Å². The van der Waals surface area contributed by atoms with Gasteiger partial charge >= 0.3 is 12.0 Å². The molecular weight excluding hydrogens is 362 g/mol. The number of benzene rings is 2. The first-order valence-corrected chi connectivity index (χ1v) is 8.62. The molecule has 0 aliphatic carbocycles. The number of carbonyl (C=O) groups is 3. The van der Waals surface area contributed by atoms with Crippen LogP contribution >= 0.6 is 0 Å². The minimum Gasteiger partial charge on any atom is -0.495 e. The zero-order chi connectivity index (χ0) is 20.5. The van der Waals surface area contributed by atoms with Gasteiger partial charge in [-0.05, 0) is 43.7 Å². The molecule has 0 aromatic heterocycles. The average molecular weight is 385 g/mol. The molecule has 3 amide bonds. The van der Waals surface area contributed by atoms with E-state index in [1.54, 1.807) is 36.4 Å². The number of urea groups is 1. The second kappa shape index (κ2) is 9.96. The van der Waals surface area contributed by atoms with Crippen molar-refractivity contribution in [1.29, 1.82) is 0 Å². The highest BCUT2D eigenvalue weighted by Gasteiger charge is 2.18. The maximum atomic E-state index is 12.0. The molecule has 0 aliphatic heterocycles. The SMILES string of the molecule is COc1ccc(C)cc1NC(=O)COC(=O)[C@H](C)NC(=O)Nc1ccccc1. The van der Waals surface area contributed by atoms with E-state index in [0.29, 0.717) is 17.1 Å². The fourth-order valence-corrected chi connectivity index (χ4v) is 2.31. The van der Waals surface area contributed by atoms with Crippen LogP contribution in [0, 0.1) is 6.92 Å². The molecular formula is C20H23N3O5. The quantitative estimate of drug-likeness (QED) is 0.636. The van der Waals surface area contributed by atoms with Gasteiger partial charge in [-0.3, -0.25) is 4.79 Å². The Morgan fingerprint density at radius 3 is 2.43 bits per heavy atom. The third kappa shape index (κ3) is 6.31. The molecule has 8 nitrogen and oxygen atoms in total. The van der Waals surface area contributed by atoms with Gasteiger partial charge in [0.05, 0.1) is 12.8 Å². The lowest BCUT2D eigenvalue weighted by Crippen LogP contribution is -2.42. The molecule has 2 rings (SSSR count). The van der Waals surface area contributed by atoms with E-state index in [0.717, 1.165) is 5.56 Å². The van der Waals surface area contributed by atoms with Crippen LogP contribution in [-0.4, -0.2) is 37.7 Å². The fraction of sp³-hybridized carbons (Fsp3) is 0.250. The summed E-state index contributed by atoms with van der Waals surface area (Å²) >= 11 is 0. The molecule has 0 bridgehead atoms. The van der Waals surface area contributed by atoms with Crippen molar-refractivity contribution in [3.8, 4) is 5.75 Å². The van der Waals surface area contributed by atoms with E-state index < -0.39 is 30.6 Å². The maximum absolute atomic E-state index is 12.0. The minimum atomic E-state index is -0.926. The number of carbonyl (C=O) groups excluding carboxylic acids is 3. The molecule has 2 aromatic carbocycles. The van der Waals surface area contributed by atoms with Crippen molar-refractivity contribution in [2.75, 3.05) is 24.4 Å². The summed E-state index contributed by atoms with van der Waals surface area (Å²) in [6.07, 6.45) is 0. The zero-order valence-corrected chi connectivity index (χ0v) is 15.9. The van der Waals surface area contributed by atoms with Gasteiger partial charge in [-0.2, -0.15) is 0 Å². The Hall–Kier alpha value is -3.55. The largest absolute Gasteiger partial charge is 0.495 e. The molecule has 8 heteroatoms. The van der Waals surface area contributed by atoms with Crippen LogP contribution in [0.4, 0.5) is 16.2 Å². The van der Waals surface area contributed by atoms with Crippen LogP contribution in [-0.2, 0) is 14.3 Å². The van der Waals surface area contributed by atoms with Crippen molar-refractivity contribution in [3.05, 3.63) is 54.1 Å². The third-order valence-corrected chi connectivity index (χ3v) is 3.71. The number of ether oxygens (including phenoxy) is 2. The van der Waals surface area contributed by atoms with Crippen molar-refractivity contribution in [3.63, 3.8) is 0 Å². The highest BCUT2D eigenvalue weighted by molar-refractivity contribution is 5.95. The summed E-state index contributed by atoms with van der Waals surface area (Å²) in [6, 6.07) is 12.6. The van der Waals surface area contributed by atoms with Crippen LogP contribution in [0.15, 0.2) is 48.5 Å². The highest BCUT2D eigenvalue weighted by atomic mass is 16.5. The van der Waals surface area contributed by atoms with Gasteiger partial charge in [-0.1, -0.05) is 24.3 Å². The number of para-hydroxylation sites is 1. The highest BCUT2D eigenvalue weighted by Crippen LogP contribution is 2.25. The standard InChI is InChI=1S/C20H23N3O5/c1-13-9-10-17(27-3)16(11-13)23-18(24)12-28-19(25)14(2)21-20(26)22-15-7-5-4-6-8-15/h4-11,14H,12H2,1-3H3,(H,23,24)(H2,21,22,26)/t14-/m0/s1. The first-order valence-electron chi connectivity index (χ1n) is 8.62. The van der Waals surface area contributed by atoms with Crippen molar-refractivity contribution in [2.24, 2.45) is 0 Å². The molecule has 28 heavy (non-hydrogen) atoms. The molecule has 0 saturated carbocycles. The van der Waals surface area contributed by atoms with Gasteiger partial charge in [-0.15, -0.1) is 0 Å². The van der Waals surface area contributed by atoms with Gasteiger partial charge in [0.1, 0.15) is 11.8 Å². The lowest BCUT2D eigenvalue weighted by molar-refractivity contribution is -0.148. The summed E-state index contributed by atoms with van der Waals surface area (Å²) in [5.74, 6) is -0.745. The molecule has 1 atom stereocenters. The Kier molecular flexibility index (Phi) is 7.38. The van der Waals surface area contributed by atoms with E-state index in [9.17, 15) is 14.4 Å². The summed E-state index contributed by atoms with van der Waals surface area (Å²) in [5, 5.41) is 7.67. The van der Waals surface area contributed by atoms with Crippen molar-refractivity contribution < 1.29 is 23.9 Å². The van der Waals surface area contributed by atoms with Crippen LogP contribution in [0.3, 0.4) is 0 Å². The van der Waals surface area contributed by atoms with Crippen molar-refractivity contribution in [1.82, 2.24) is 5.32 Å². The Morgan fingerprint density at radius 1 is 1.04 bits per heavy atom. The van der Waals surface area contributed by atoms with Gasteiger partial charge in [-0.25, -0.2) is 9.59 Å². The minimum absolute atomic E-state index is 0.483. The van der Waals surface area contributed by atoms with Crippen molar-refractivity contribution in [2.45, 2.75) is 19.9 Å². The number of amides is 3. The first kappa shape index (κ1) is 20.8. The number of hydrogen-bond donors (Lipinski definition) is 3. The Bertz CT molecular complexity index is 839. The van der Waals surface area contributed by atoms with Gasteiger partial charge in [0.15, 0.2) is 6.61 Å². The summed E-state index contributed by atoms with van der Waals surface area (Å²) < 4.78 is 10.1. The number of rotatable bonds is 7. The predicted molar refractivity (Wildman–Crippen MR) is 105 cm³/mol. The van der Waals surface area contributed by atoms with Crippen LogP contribution in [0.25, 0.3) is 0 Å². The third-order valence-electron chi connectivity index (χ3n) is 3.71. The second-order valence-electron chi connectivity index (χ2n) is 6.05. The van der Waals surface area contributed by atoms with E-state index >= 15 is 0 Å². The maximum Gasteiger partial charge on any atom is 0.328 e. The van der Waals surface area contributed by atoms with Crippen LogP contribution in [0.5, 0.6) is 5.75 Å². The number of aryl methyl sites for hydroxylation is 1. The molecule has 148 valence electrons. The monoisotopic (exact) mass is 385 g/mol. The molecule has 0 heterocycles. The van der Waals surface area contributed by atoms with Crippen LogP contribution in [0.2, 0.25) is 0 Å². The molecule has 0 unspecified atom stereocenters. The Morgan fingerprint density at radius 2 is 1.75 bits per heavy atom. The van der Waals surface area contributed by atoms with Crippen LogP contribution < -0.4 is 20.7 Å². The van der Waals surface area contributed by atoms with Gasteiger partial charge in [0, 0.05) is 5.69 Å². The predicted octanol–water partition coefficient (Wildman–Crippen LogP) is 2.70. The normalized spacial score (nSPS) is 11.1. The van der Waals surface area contributed by atoms with E-state index in [2.05, 4.69) is 16.0 Å². The summed E-state index contributed by atoms with van der Waals surface area (Å²) in [7, 11) is 1.49. The zero-order valence-electron chi connectivity index (χ0n) is 15.9. The molecule has 3 N–H and O–H groups in total. The number of esters is 1. The lowest BCUT2D eigenvalue weighted by Gasteiger charge is -2.15. The van der Waals surface area contributed by atoms with E-state index in [1.807, 2.05) is 19.1 Å². The van der Waals surface area contributed by atoms with E-state index in [1.165, 1.54) is 14.0 Å². The number of hydrogen-bond acceptors (Lipinski definition) is 5. The second-order valence-corrected chi connectivity index (χ2v) is 6.05. The average Bonchev–Trinajstić information content (AvgIpc) is 2.67. The molecule has 0 radical (unpaired) electrons. The smallest absolute Gasteiger partial charge is 0.328 e. The summed E-state index contributed by atoms with van der Waals surface area (Å²) in [4.78, 5) is 35.9. The van der Waals surface area contributed by atoms with Gasteiger partial charge < -0.3 is 25.4 Å². The fourth-order valence-electron chi connectivity index (χ4n) is 2.31. The Balaban J connectivity index is 1.80.